The second kappa shape index (κ2) is 9.44. The lowest BCUT2D eigenvalue weighted by atomic mass is 10.1. The van der Waals surface area contributed by atoms with Crippen LogP contribution in [0.5, 0.6) is 5.75 Å². The van der Waals surface area contributed by atoms with Crippen LogP contribution in [0.2, 0.25) is 0 Å². The van der Waals surface area contributed by atoms with Gasteiger partial charge < -0.3 is 10.1 Å². The Morgan fingerprint density at radius 2 is 1.47 bits per heavy atom. The van der Waals surface area contributed by atoms with E-state index in [1.54, 1.807) is 25.1 Å². The minimum atomic E-state index is -3.75. The number of carbonyl (C=O) groups is 1. The highest BCUT2D eigenvalue weighted by molar-refractivity contribution is 7.92. The maximum absolute atomic E-state index is 12.7. The molecular formula is C25H28N2O4S. The number of benzene rings is 3. The summed E-state index contributed by atoms with van der Waals surface area (Å²) in [4.78, 5) is 12.6. The number of carbonyl (C=O) groups excluding carboxylic acids is 1. The van der Waals surface area contributed by atoms with Crippen LogP contribution in [-0.2, 0) is 14.8 Å². The van der Waals surface area contributed by atoms with E-state index < -0.39 is 16.1 Å². The Labute approximate surface area is 189 Å². The van der Waals surface area contributed by atoms with Crippen LogP contribution in [-0.4, -0.2) is 20.4 Å². The number of amides is 1. The third-order valence-electron chi connectivity index (χ3n) is 5.07. The number of ether oxygens (including phenoxy) is 1. The largest absolute Gasteiger partial charge is 0.481 e. The van der Waals surface area contributed by atoms with Crippen LogP contribution in [0, 0.1) is 27.7 Å². The van der Waals surface area contributed by atoms with Gasteiger partial charge in [0.25, 0.3) is 15.9 Å². The van der Waals surface area contributed by atoms with Crippen molar-refractivity contribution in [2.75, 3.05) is 10.0 Å². The van der Waals surface area contributed by atoms with Crippen molar-refractivity contribution in [3.05, 3.63) is 82.9 Å². The summed E-state index contributed by atoms with van der Waals surface area (Å²) in [6, 6.07) is 17.4. The van der Waals surface area contributed by atoms with E-state index in [-0.39, 0.29) is 10.8 Å². The van der Waals surface area contributed by atoms with Crippen LogP contribution in [0.1, 0.15) is 29.2 Å². The Kier molecular flexibility index (Phi) is 6.89. The molecule has 0 saturated carbocycles. The molecular weight excluding hydrogens is 424 g/mol. The highest BCUT2D eigenvalue weighted by atomic mass is 32.2. The van der Waals surface area contributed by atoms with E-state index >= 15 is 0 Å². The number of hydrogen-bond acceptors (Lipinski definition) is 4. The zero-order valence-corrected chi connectivity index (χ0v) is 19.7. The first-order valence-electron chi connectivity index (χ1n) is 10.3. The summed E-state index contributed by atoms with van der Waals surface area (Å²) >= 11 is 0. The second-order valence-corrected chi connectivity index (χ2v) is 9.65. The van der Waals surface area contributed by atoms with Crippen molar-refractivity contribution >= 4 is 27.3 Å². The van der Waals surface area contributed by atoms with Gasteiger partial charge in [-0.05, 0) is 87.7 Å². The van der Waals surface area contributed by atoms with Crippen molar-refractivity contribution in [1.82, 2.24) is 0 Å². The molecule has 0 heterocycles. The molecule has 0 aromatic heterocycles. The number of nitrogens with one attached hydrogen (secondary N) is 2. The Morgan fingerprint density at radius 3 is 2.12 bits per heavy atom. The molecule has 3 aromatic rings. The highest BCUT2D eigenvalue weighted by Gasteiger charge is 2.18. The van der Waals surface area contributed by atoms with Crippen molar-refractivity contribution < 1.29 is 17.9 Å². The van der Waals surface area contributed by atoms with Gasteiger partial charge in [-0.3, -0.25) is 9.52 Å². The van der Waals surface area contributed by atoms with Gasteiger partial charge in [0.2, 0.25) is 0 Å². The average molecular weight is 453 g/mol. The van der Waals surface area contributed by atoms with Crippen LogP contribution < -0.4 is 14.8 Å². The molecule has 6 nitrogen and oxygen atoms in total. The lowest BCUT2D eigenvalue weighted by molar-refractivity contribution is -0.122. The van der Waals surface area contributed by atoms with Crippen LogP contribution in [0.3, 0.4) is 0 Å². The third kappa shape index (κ3) is 5.68. The first-order valence-corrected chi connectivity index (χ1v) is 11.8. The summed E-state index contributed by atoms with van der Waals surface area (Å²) in [5.74, 6) is 0.325. The fourth-order valence-corrected chi connectivity index (χ4v) is 4.31. The Bertz CT molecular complexity index is 1240. The molecule has 0 unspecified atom stereocenters. The predicted molar refractivity (Wildman–Crippen MR) is 128 cm³/mol. The Balaban J connectivity index is 1.67. The van der Waals surface area contributed by atoms with Crippen LogP contribution >= 0.6 is 0 Å². The topological polar surface area (TPSA) is 84.5 Å². The minimum absolute atomic E-state index is 0.107. The van der Waals surface area contributed by atoms with Gasteiger partial charge in [-0.2, -0.15) is 0 Å². The first kappa shape index (κ1) is 23.3. The number of aryl methyl sites for hydroxylation is 4. The van der Waals surface area contributed by atoms with Gasteiger partial charge in [-0.1, -0.05) is 29.8 Å². The van der Waals surface area contributed by atoms with Gasteiger partial charge >= 0.3 is 0 Å². The van der Waals surface area contributed by atoms with Crippen molar-refractivity contribution in [3.63, 3.8) is 0 Å². The van der Waals surface area contributed by atoms with Crippen molar-refractivity contribution in [1.29, 1.82) is 0 Å². The summed E-state index contributed by atoms with van der Waals surface area (Å²) in [5, 5.41) is 2.76. The van der Waals surface area contributed by atoms with E-state index in [0.717, 1.165) is 22.3 Å². The van der Waals surface area contributed by atoms with Gasteiger partial charge in [0.1, 0.15) is 5.75 Å². The molecule has 0 aliphatic heterocycles. The van der Waals surface area contributed by atoms with E-state index in [1.165, 1.54) is 12.1 Å². The molecule has 32 heavy (non-hydrogen) atoms. The summed E-state index contributed by atoms with van der Waals surface area (Å²) in [6.45, 7) is 9.34. The van der Waals surface area contributed by atoms with E-state index in [9.17, 15) is 13.2 Å². The maximum Gasteiger partial charge on any atom is 0.265 e. The second-order valence-electron chi connectivity index (χ2n) is 7.97. The van der Waals surface area contributed by atoms with Gasteiger partial charge in [0, 0.05) is 5.69 Å². The molecule has 7 heteroatoms. The first-order chi connectivity index (χ1) is 15.0. The molecule has 1 amide bonds. The molecule has 0 bridgehead atoms. The number of rotatable bonds is 7. The maximum atomic E-state index is 12.7. The molecule has 168 valence electrons. The smallest absolute Gasteiger partial charge is 0.265 e. The van der Waals surface area contributed by atoms with Gasteiger partial charge in [0.05, 0.1) is 10.6 Å². The molecule has 1 atom stereocenters. The van der Waals surface area contributed by atoms with Crippen LogP contribution in [0.25, 0.3) is 0 Å². The summed E-state index contributed by atoms with van der Waals surface area (Å²) in [6.07, 6.45) is -0.717. The quantitative estimate of drug-likeness (QED) is 0.521. The number of anilines is 2. The molecule has 0 radical (unpaired) electrons. The summed E-state index contributed by atoms with van der Waals surface area (Å²) < 4.78 is 33.9. The van der Waals surface area contributed by atoms with Gasteiger partial charge in [0.15, 0.2) is 6.10 Å². The zero-order valence-electron chi connectivity index (χ0n) is 18.9. The summed E-state index contributed by atoms with van der Waals surface area (Å²) in [7, 11) is -3.75. The fourth-order valence-electron chi connectivity index (χ4n) is 3.19. The Morgan fingerprint density at radius 1 is 0.844 bits per heavy atom. The fraction of sp³-hybridized carbons (Fsp3) is 0.240. The van der Waals surface area contributed by atoms with Crippen molar-refractivity contribution in [3.8, 4) is 5.75 Å². The molecule has 0 aliphatic rings. The molecule has 0 fully saturated rings. The minimum Gasteiger partial charge on any atom is -0.481 e. The molecule has 0 aliphatic carbocycles. The summed E-state index contributed by atoms with van der Waals surface area (Å²) in [5.41, 5.74) is 4.89. The Hall–Kier alpha value is -3.32. The van der Waals surface area contributed by atoms with E-state index in [4.69, 9.17) is 4.74 Å². The molecule has 3 rings (SSSR count). The molecule has 0 spiro atoms. The standard InChI is InChI=1S/C25H28N2O4S/c1-16-7-13-24(19(4)14-16)31-20(5)25(28)26-21-9-11-22(12-10-21)32(29,30)27-23-15-17(2)6-8-18(23)3/h6-15,20,27H,1-5H3,(H,26,28)/t20-/m1/s1. The lowest BCUT2D eigenvalue weighted by Gasteiger charge is -2.17. The van der Waals surface area contributed by atoms with Crippen LogP contribution in [0.15, 0.2) is 65.6 Å². The number of sulfonamides is 1. The molecule has 0 saturated heterocycles. The van der Waals surface area contributed by atoms with E-state index in [1.807, 2.05) is 58.0 Å². The lowest BCUT2D eigenvalue weighted by Crippen LogP contribution is -2.30. The van der Waals surface area contributed by atoms with E-state index in [2.05, 4.69) is 10.0 Å². The zero-order chi connectivity index (χ0) is 23.5. The normalized spacial score (nSPS) is 12.2. The SMILES string of the molecule is Cc1ccc(O[C@H](C)C(=O)Nc2ccc(S(=O)(=O)Nc3cc(C)ccc3C)cc2)c(C)c1. The highest BCUT2D eigenvalue weighted by Crippen LogP contribution is 2.23. The molecule has 3 aromatic carbocycles. The monoisotopic (exact) mass is 452 g/mol. The molecule has 2 N–H and O–H groups in total. The number of hydrogen-bond donors (Lipinski definition) is 2. The van der Waals surface area contributed by atoms with Gasteiger partial charge in [-0.25, -0.2) is 8.42 Å². The van der Waals surface area contributed by atoms with Crippen LogP contribution in [0.4, 0.5) is 11.4 Å². The van der Waals surface area contributed by atoms with Crippen molar-refractivity contribution in [2.24, 2.45) is 0 Å². The van der Waals surface area contributed by atoms with Gasteiger partial charge in [-0.15, -0.1) is 0 Å². The average Bonchev–Trinajstić information content (AvgIpc) is 2.73. The predicted octanol–water partition coefficient (Wildman–Crippen LogP) is 5.13. The third-order valence-corrected chi connectivity index (χ3v) is 6.45. The van der Waals surface area contributed by atoms with E-state index in [0.29, 0.717) is 17.1 Å². The van der Waals surface area contributed by atoms with Crippen molar-refractivity contribution in [2.45, 2.75) is 45.6 Å².